The van der Waals surface area contributed by atoms with Gasteiger partial charge in [-0.25, -0.2) is 9.18 Å². The molecule has 0 bridgehead atoms. The van der Waals surface area contributed by atoms with Gasteiger partial charge in [-0.3, -0.25) is 4.79 Å². The van der Waals surface area contributed by atoms with Crippen molar-refractivity contribution in [3.8, 4) is 22.5 Å². The molecule has 0 aliphatic carbocycles. The molecule has 4 aromatic rings. The van der Waals surface area contributed by atoms with Gasteiger partial charge in [-0.05, 0) is 42.8 Å². The summed E-state index contributed by atoms with van der Waals surface area (Å²) >= 11 is 14.6. The van der Waals surface area contributed by atoms with Crippen LogP contribution in [-0.2, 0) is 16.1 Å². The van der Waals surface area contributed by atoms with Crippen molar-refractivity contribution in [3.05, 3.63) is 69.3 Å². The maximum absolute atomic E-state index is 13.3. The number of halogens is 3. The second-order valence-electron chi connectivity index (χ2n) is 7.37. The van der Waals surface area contributed by atoms with Crippen LogP contribution >= 0.6 is 46.3 Å². The molecule has 2 heterocycles. The molecule has 0 aliphatic rings. The number of methoxy groups -OCH3 is 1. The first-order valence-corrected chi connectivity index (χ1v) is 13.2. The van der Waals surface area contributed by atoms with Gasteiger partial charge in [0.1, 0.15) is 16.4 Å². The quantitative estimate of drug-likeness (QED) is 0.190. The SMILES string of the molecule is CCn1c(SCC(=O)Nc2scc(-c3ccc(F)cc3)c2C(=O)OC)nnc1-c1ccc(Cl)c(Cl)c1. The Bertz CT molecular complexity index is 1420. The topological polar surface area (TPSA) is 86.1 Å². The molecule has 0 fully saturated rings. The van der Waals surface area contributed by atoms with Gasteiger partial charge in [-0.1, -0.05) is 47.1 Å². The molecule has 186 valence electrons. The van der Waals surface area contributed by atoms with Gasteiger partial charge in [-0.15, -0.1) is 21.5 Å². The zero-order chi connectivity index (χ0) is 25.8. The molecule has 1 N–H and O–H groups in total. The van der Waals surface area contributed by atoms with Crippen LogP contribution in [0.15, 0.2) is 53.0 Å². The summed E-state index contributed by atoms with van der Waals surface area (Å²) in [5.41, 5.74) is 2.15. The van der Waals surface area contributed by atoms with E-state index in [1.165, 1.54) is 42.3 Å². The summed E-state index contributed by atoms with van der Waals surface area (Å²) in [4.78, 5) is 25.3. The van der Waals surface area contributed by atoms with Crippen LogP contribution in [-0.4, -0.2) is 39.5 Å². The number of hydrogen-bond donors (Lipinski definition) is 1. The Balaban J connectivity index is 1.51. The minimum absolute atomic E-state index is 0.0316. The first-order valence-electron chi connectivity index (χ1n) is 10.6. The number of ether oxygens (including phenoxy) is 1. The molecule has 0 atom stereocenters. The lowest BCUT2D eigenvalue weighted by Gasteiger charge is -2.09. The van der Waals surface area contributed by atoms with Crippen molar-refractivity contribution in [2.75, 3.05) is 18.2 Å². The summed E-state index contributed by atoms with van der Waals surface area (Å²) < 4.78 is 20.1. The number of rotatable bonds is 8. The minimum atomic E-state index is -0.601. The number of esters is 1. The summed E-state index contributed by atoms with van der Waals surface area (Å²) in [6.07, 6.45) is 0. The highest BCUT2D eigenvalue weighted by atomic mass is 35.5. The van der Waals surface area contributed by atoms with E-state index in [4.69, 9.17) is 27.9 Å². The fraction of sp³-hybridized carbons (Fsp3) is 0.167. The lowest BCUT2D eigenvalue weighted by Crippen LogP contribution is -2.16. The molecule has 1 amide bonds. The van der Waals surface area contributed by atoms with E-state index in [0.29, 0.717) is 43.7 Å². The minimum Gasteiger partial charge on any atom is -0.465 e. The van der Waals surface area contributed by atoms with Crippen molar-refractivity contribution in [3.63, 3.8) is 0 Å². The standard InChI is InChI=1S/C24H19Cl2FN4O3S2/c1-3-31-21(14-6-9-17(25)18(26)10-14)29-30-24(31)36-12-19(32)28-22-20(23(33)34-2)16(11-35-22)13-4-7-15(27)8-5-13/h4-11H,3,12H2,1-2H3,(H,28,32). The third-order valence-electron chi connectivity index (χ3n) is 5.13. The van der Waals surface area contributed by atoms with Crippen LogP contribution in [0.3, 0.4) is 0 Å². The lowest BCUT2D eigenvalue weighted by molar-refractivity contribution is -0.113. The molecule has 12 heteroatoms. The number of carbonyl (C=O) groups is 2. The van der Waals surface area contributed by atoms with Crippen molar-refractivity contribution in [2.24, 2.45) is 0 Å². The monoisotopic (exact) mass is 564 g/mol. The van der Waals surface area contributed by atoms with Crippen molar-refractivity contribution in [1.82, 2.24) is 14.8 Å². The van der Waals surface area contributed by atoms with Crippen molar-refractivity contribution in [2.45, 2.75) is 18.6 Å². The van der Waals surface area contributed by atoms with Crippen molar-refractivity contribution >= 4 is 63.2 Å². The molecule has 2 aromatic heterocycles. The Hall–Kier alpha value is -2.92. The average Bonchev–Trinajstić information content (AvgIpc) is 3.48. The summed E-state index contributed by atoms with van der Waals surface area (Å²) in [6, 6.07) is 10.9. The van der Waals surface area contributed by atoms with Crippen molar-refractivity contribution in [1.29, 1.82) is 0 Å². The number of thiophene rings is 1. The predicted octanol–water partition coefficient (Wildman–Crippen LogP) is 6.66. The van der Waals surface area contributed by atoms with Crippen LogP contribution in [0, 0.1) is 5.82 Å². The Labute approximate surface area is 224 Å². The van der Waals surface area contributed by atoms with Crippen LogP contribution in [0.25, 0.3) is 22.5 Å². The number of nitrogens with zero attached hydrogens (tertiary/aromatic N) is 3. The zero-order valence-corrected chi connectivity index (χ0v) is 22.2. The highest BCUT2D eigenvalue weighted by molar-refractivity contribution is 7.99. The van der Waals surface area contributed by atoms with Gasteiger partial charge < -0.3 is 14.6 Å². The third kappa shape index (κ3) is 5.57. The van der Waals surface area contributed by atoms with Crippen LogP contribution in [0.2, 0.25) is 10.0 Å². The number of thioether (sulfide) groups is 1. The second-order valence-corrected chi connectivity index (χ2v) is 10.0. The number of nitrogens with one attached hydrogen (secondary N) is 1. The molecular weight excluding hydrogens is 546 g/mol. The number of benzene rings is 2. The average molecular weight is 565 g/mol. The van der Waals surface area contributed by atoms with Gasteiger partial charge in [0, 0.05) is 23.1 Å². The predicted molar refractivity (Wildman–Crippen MR) is 142 cm³/mol. The normalized spacial score (nSPS) is 10.9. The number of hydrogen-bond acceptors (Lipinski definition) is 7. The molecule has 0 saturated heterocycles. The highest BCUT2D eigenvalue weighted by Gasteiger charge is 2.23. The molecule has 2 aromatic carbocycles. The van der Waals surface area contributed by atoms with E-state index in [0.717, 1.165) is 5.56 Å². The lowest BCUT2D eigenvalue weighted by atomic mass is 10.0. The van der Waals surface area contributed by atoms with Crippen LogP contribution in [0.5, 0.6) is 0 Å². The fourth-order valence-electron chi connectivity index (χ4n) is 3.42. The number of carbonyl (C=O) groups excluding carboxylic acids is 2. The molecule has 0 radical (unpaired) electrons. The van der Waals surface area contributed by atoms with Gasteiger partial charge in [0.15, 0.2) is 11.0 Å². The third-order valence-corrected chi connectivity index (χ3v) is 7.73. The first kappa shape index (κ1) is 26.2. The summed E-state index contributed by atoms with van der Waals surface area (Å²) in [6.45, 7) is 2.52. The molecule has 36 heavy (non-hydrogen) atoms. The summed E-state index contributed by atoms with van der Waals surface area (Å²) in [5.74, 6) is -0.686. The Morgan fingerprint density at radius 3 is 2.50 bits per heavy atom. The van der Waals surface area contributed by atoms with E-state index in [2.05, 4.69) is 15.5 Å². The zero-order valence-electron chi connectivity index (χ0n) is 19.0. The van der Waals surface area contributed by atoms with E-state index >= 15 is 0 Å². The van der Waals surface area contributed by atoms with Gasteiger partial charge in [0.05, 0.1) is 22.9 Å². The molecule has 0 spiro atoms. The van der Waals surface area contributed by atoms with Crippen LogP contribution in [0.1, 0.15) is 17.3 Å². The largest absolute Gasteiger partial charge is 0.465 e. The number of aromatic nitrogens is 3. The molecule has 4 rings (SSSR count). The summed E-state index contributed by atoms with van der Waals surface area (Å²) in [7, 11) is 1.26. The molecular formula is C24H19Cl2FN4O3S2. The first-order chi connectivity index (χ1) is 17.3. The Kier molecular flexibility index (Phi) is 8.30. The van der Waals surface area contributed by atoms with E-state index in [1.54, 1.807) is 35.7 Å². The number of anilines is 1. The van der Waals surface area contributed by atoms with Gasteiger partial charge in [-0.2, -0.15) is 0 Å². The smallest absolute Gasteiger partial charge is 0.341 e. The number of amides is 1. The van der Waals surface area contributed by atoms with Crippen LogP contribution < -0.4 is 5.32 Å². The fourth-order valence-corrected chi connectivity index (χ4v) is 5.49. The second kappa shape index (κ2) is 11.4. The maximum Gasteiger partial charge on any atom is 0.341 e. The summed E-state index contributed by atoms with van der Waals surface area (Å²) in [5, 5.41) is 14.7. The molecule has 0 saturated carbocycles. The molecule has 0 aliphatic heterocycles. The Morgan fingerprint density at radius 2 is 1.83 bits per heavy atom. The van der Waals surface area contributed by atoms with E-state index in [9.17, 15) is 14.0 Å². The van der Waals surface area contributed by atoms with Crippen molar-refractivity contribution < 1.29 is 18.7 Å². The van der Waals surface area contributed by atoms with Gasteiger partial charge >= 0.3 is 5.97 Å². The van der Waals surface area contributed by atoms with E-state index in [-0.39, 0.29) is 23.0 Å². The molecule has 0 unspecified atom stereocenters. The van der Waals surface area contributed by atoms with E-state index in [1.807, 2.05) is 11.5 Å². The highest BCUT2D eigenvalue weighted by Crippen LogP contribution is 2.36. The van der Waals surface area contributed by atoms with Gasteiger partial charge in [0.25, 0.3) is 0 Å². The maximum atomic E-state index is 13.3. The van der Waals surface area contributed by atoms with Crippen LogP contribution in [0.4, 0.5) is 9.39 Å². The molecule has 7 nitrogen and oxygen atoms in total. The Morgan fingerprint density at radius 1 is 1.11 bits per heavy atom. The van der Waals surface area contributed by atoms with Gasteiger partial charge in [0.2, 0.25) is 5.91 Å². The van der Waals surface area contributed by atoms with E-state index < -0.39 is 5.97 Å².